The number of amides is 1. The molecule has 2 aromatic rings. The summed E-state index contributed by atoms with van der Waals surface area (Å²) in [5.74, 6) is -0.0440. The molecule has 0 bridgehead atoms. The normalized spacial score (nSPS) is 13.6. The van der Waals surface area contributed by atoms with Crippen molar-refractivity contribution in [3.63, 3.8) is 0 Å². The van der Waals surface area contributed by atoms with E-state index in [0.717, 1.165) is 16.7 Å². The van der Waals surface area contributed by atoms with Crippen LogP contribution in [0.5, 0.6) is 0 Å². The summed E-state index contributed by atoms with van der Waals surface area (Å²) in [6.45, 7) is 5.92. The zero-order valence-electron chi connectivity index (χ0n) is 14.3. The van der Waals surface area contributed by atoms with E-state index in [4.69, 9.17) is 11.6 Å². The Labute approximate surface area is 148 Å². The van der Waals surface area contributed by atoms with E-state index in [1.165, 1.54) is 0 Å². The topological polar surface area (TPSA) is 49.3 Å². The van der Waals surface area contributed by atoms with Gasteiger partial charge in [0, 0.05) is 17.5 Å². The average molecular weight is 346 g/mol. The summed E-state index contributed by atoms with van der Waals surface area (Å²) in [7, 11) is 0. The molecule has 2 rings (SSSR count). The minimum atomic E-state index is -0.983. The smallest absolute Gasteiger partial charge is 0.222 e. The molecule has 24 heavy (non-hydrogen) atoms. The van der Waals surface area contributed by atoms with Crippen molar-refractivity contribution < 1.29 is 9.90 Å². The Balaban J connectivity index is 2.03. The maximum atomic E-state index is 11.6. The third-order valence-corrected chi connectivity index (χ3v) is 4.37. The first kappa shape index (κ1) is 18.5. The van der Waals surface area contributed by atoms with E-state index in [1.54, 1.807) is 6.92 Å². The first-order valence-corrected chi connectivity index (χ1v) is 8.54. The van der Waals surface area contributed by atoms with Gasteiger partial charge < -0.3 is 10.4 Å². The van der Waals surface area contributed by atoms with Crippen LogP contribution in [0.25, 0.3) is 11.1 Å². The van der Waals surface area contributed by atoms with Gasteiger partial charge in [-0.15, -0.1) is 0 Å². The van der Waals surface area contributed by atoms with Gasteiger partial charge in [-0.05, 0) is 42.2 Å². The van der Waals surface area contributed by atoms with E-state index in [-0.39, 0.29) is 11.8 Å². The van der Waals surface area contributed by atoms with Gasteiger partial charge in [0.05, 0.1) is 5.60 Å². The molecule has 2 N–H and O–H groups in total. The zero-order valence-corrected chi connectivity index (χ0v) is 15.1. The van der Waals surface area contributed by atoms with Gasteiger partial charge in [-0.3, -0.25) is 4.79 Å². The number of aliphatic hydroxyl groups is 1. The monoisotopic (exact) mass is 345 g/mol. The highest BCUT2D eigenvalue weighted by Gasteiger charge is 2.23. The largest absolute Gasteiger partial charge is 0.385 e. The van der Waals surface area contributed by atoms with Crippen LogP contribution in [0, 0.1) is 5.92 Å². The number of halogens is 1. The molecule has 0 aromatic heterocycles. The Kier molecular flexibility index (Phi) is 6.03. The fourth-order valence-electron chi connectivity index (χ4n) is 2.44. The van der Waals surface area contributed by atoms with E-state index in [0.29, 0.717) is 18.0 Å². The average Bonchev–Trinajstić information content (AvgIpc) is 2.55. The van der Waals surface area contributed by atoms with Crippen molar-refractivity contribution in [2.24, 2.45) is 5.92 Å². The second-order valence-corrected chi connectivity index (χ2v) is 6.99. The van der Waals surface area contributed by atoms with Crippen LogP contribution in [0.4, 0.5) is 0 Å². The predicted octanol–water partition coefficient (Wildman–Crippen LogP) is 4.38. The van der Waals surface area contributed by atoms with Crippen LogP contribution < -0.4 is 5.32 Å². The molecule has 0 saturated carbocycles. The van der Waals surface area contributed by atoms with E-state index >= 15 is 0 Å². The molecule has 0 aliphatic rings. The maximum Gasteiger partial charge on any atom is 0.222 e. The summed E-state index contributed by atoms with van der Waals surface area (Å²) in [4.78, 5) is 11.6. The van der Waals surface area contributed by atoms with E-state index in [9.17, 15) is 9.90 Å². The van der Waals surface area contributed by atoms with E-state index in [2.05, 4.69) is 5.32 Å². The SMILES string of the molecule is CC(C)C(=O)NCCC(C)(O)c1ccc(-c2ccc(Cl)cc2)cc1. The first-order chi connectivity index (χ1) is 11.3. The number of carbonyl (C=O) groups is 1. The molecule has 2 aromatic carbocycles. The van der Waals surface area contributed by atoms with Gasteiger partial charge in [0.1, 0.15) is 0 Å². The molecule has 0 saturated heterocycles. The lowest BCUT2D eigenvalue weighted by Gasteiger charge is -2.24. The van der Waals surface area contributed by atoms with Crippen molar-refractivity contribution in [2.45, 2.75) is 32.8 Å². The summed E-state index contributed by atoms with van der Waals surface area (Å²) >= 11 is 5.91. The highest BCUT2D eigenvalue weighted by Crippen LogP contribution is 2.28. The molecule has 1 atom stereocenters. The maximum absolute atomic E-state index is 11.6. The summed E-state index contributed by atoms with van der Waals surface area (Å²) < 4.78 is 0. The molecule has 1 unspecified atom stereocenters. The van der Waals surface area contributed by atoms with Gasteiger partial charge in [-0.2, -0.15) is 0 Å². The lowest BCUT2D eigenvalue weighted by atomic mass is 9.91. The summed E-state index contributed by atoms with van der Waals surface area (Å²) in [5, 5.41) is 14.2. The van der Waals surface area contributed by atoms with Crippen LogP contribution >= 0.6 is 11.6 Å². The van der Waals surface area contributed by atoms with Gasteiger partial charge in [0.25, 0.3) is 0 Å². The quantitative estimate of drug-likeness (QED) is 0.816. The minimum Gasteiger partial charge on any atom is -0.385 e. The highest BCUT2D eigenvalue weighted by atomic mass is 35.5. The Hall–Kier alpha value is -1.84. The Bertz CT molecular complexity index is 676. The van der Waals surface area contributed by atoms with Crippen molar-refractivity contribution in [3.05, 3.63) is 59.1 Å². The molecule has 3 nitrogen and oxygen atoms in total. The van der Waals surface area contributed by atoms with Crippen molar-refractivity contribution in [1.29, 1.82) is 0 Å². The molecule has 0 heterocycles. The molecular weight excluding hydrogens is 322 g/mol. The van der Waals surface area contributed by atoms with Crippen molar-refractivity contribution in [1.82, 2.24) is 5.32 Å². The number of nitrogens with one attached hydrogen (secondary N) is 1. The first-order valence-electron chi connectivity index (χ1n) is 8.16. The zero-order chi connectivity index (χ0) is 17.7. The van der Waals surface area contributed by atoms with E-state index < -0.39 is 5.60 Å². The molecule has 128 valence electrons. The highest BCUT2D eigenvalue weighted by molar-refractivity contribution is 6.30. The van der Waals surface area contributed by atoms with Gasteiger partial charge in [-0.25, -0.2) is 0 Å². The second-order valence-electron chi connectivity index (χ2n) is 6.55. The summed E-state index contributed by atoms with van der Waals surface area (Å²) in [5.41, 5.74) is 2.00. The third-order valence-electron chi connectivity index (χ3n) is 4.12. The Morgan fingerprint density at radius 3 is 2.08 bits per heavy atom. The van der Waals surface area contributed by atoms with Crippen LogP contribution in [0.1, 0.15) is 32.8 Å². The fraction of sp³-hybridized carbons (Fsp3) is 0.350. The van der Waals surface area contributed by atoms with Crippen LogP contribution in [-0.4, -0.2) is 17.6 Å². The molecule has 0 aliphatic heterocycles. The molecule has 4 heteroatoms. The van der Waals surface area contributed by atoms with Crippen LogP contribution in [-0.2, 0) is 10.4 Å². The number of carbonyl (C=O) groups excluding carboxylic acids is 1. The predicted molar refractivity (Wildman–Crippen MR) is 98.9 cm³/mol. The minimum absolute atomic E-state index is 0.00360. The van der Waals surface area contributed by atoms with Crippen LogP contribution in [0.15, 0.2) is 48.5 Å². The third kappa shape index (κ3) is 4.83. The van der Waals surface area contributed by atoms with Crippen LogP contribution in [0.3, 0.4) is 0 Å². The standard InChI is InChI=1S/C20H24ClNO2/c1-14(2)19(23)22-13-12-20(3,24)17-8-4-15(5-9-17)16-6-10-18(21)11-7-16/h4-11,14,24H,12-13H2,1-3H3,(H,22,23). The van der Waals surface area contributed by atoms with Gasteiger partial charge in [0.2, 0.25) is 5.91 Å². The molecule has 0 fully saturated rings. The Morgan fingerprint density at radius 2 is 1.58 bits per heavy atom. The second kappa shape index (κ2) is 7.82. The van der Waals surface area contributed by atoms with Crippen molar-refractivity contribution in [2.75, 3.05) is 6.54 Å². The fourth-order valence-corrected chi connectivity index (χ4v) is 2.57. The molecule has 1 amide bonds. The Morgan fingerprint density at radius 1 is 1.08 bits per heavy atom. The van der Waals surface area contributed by atoms with Gasteiger partial charge in [0.15, 0.2) is 0 Å². The number of hydrogen-bond donors (Lipinski definition) is 2. The molecular formula is C20H24ClNO2. The molecule has 0 aliphatic carbocycles. The number of rotatable bonds is 6. The van der Waals surface area contributed by atoms with Gasteiger partial charge >= 0.3 is 0 Å². The number of hydrogen-bond acceptors (Lipinski definition) is 2. The molecule has 0 spiro atoms. The van der Waals surface area contributed by atoms with E-state index in [1.807, 2.05) is 62.4 Å². The van der Waals surface area contributed by atoms with Gasteiger partial charge in [-0.1, -0.05) is 61.8 Å². The summed E-state index contributed by atoms with van der Waals surface area (Å²) in [6, 6.07) is 15.5. The lowest BCUT2D eigenvalue weighted by molar-refractivity contribution is -0.124. The van der Waals surface area contributed by atoms with Crippen LogP contribution in [0.2, 0.25) is 5.02 Å². The van der Waals surface area contributed by atoms with Crippen molar-refractivity contribution in [3.8, 4) is 11.1 Å². The number of benzene rings is 2. The van der Waals surface area contributed by atoms with Crippen molar-refractivity contribution >= 4 is 17.5 Å². The summed E-state index contributed by atoms with van der Waals surface area (Å²) in [6.07, 6.45) is 0.464. The molecule has 0 radical (unpaired) electrons. The lowest BCUT2D eigenvalue weighted by Crippen LogP contribution is -2.33.